The van der Waals surface area contributed by atoms with Gasteiger partial charge in [-0.15, -0.1) is 0 Å². The third-order valence-corrected chi connectivity index (χ3v) is 7.20. The predicted molar refractivity (Wildman–Crippen MR) is 127 cm³/mol. The molecule has 1 aliphatic carbocycles. The summed E-state index contributed by atoms with van der Waals surface area (Å²) in [4.78, 5) is 5.22. The summed E-state index contributed by atoms with van der Waals surface area (Å²) in [5.41, 5.74) is 4.46. The maximum atomic E-state index is 5.57. The predicted octanol–water partition coefficient (Wildman–Crippen LogP) is 5.84. The molecule has 1 heterocycles. The maximum Gasteiger partial charge on any atom is 0.142 e. The van der Waals surface area contributed by atoms with Crippen molar-refractivity contribution in [3.63, 3.8) is 0 Å². The highest BCUT2D eigenvalue weighted by Gasteiger charge is 2.29. The standard InChI is InChI=1S/C27H38N2O/c1-27(2,3)23-13-9-21(10-14-23)22-11-15-24(16-12-22)28-17-19-29(20-18-28)25-7-5-6-8-26(25)30-4/h5-10,13-14,22,24H,11-12,15-20H2,1-4H3/t22-,24-. The smallest absolute Gasteiger partial charge is 0.142 e. The highest BCUT2D eigenvalue weighted by molar-refractivity contribution is 5.58. The van der Waals surface area contributed by atoms with Crippen LogP contribution in [0.3, 0.4) is 0 Å². The lowest BCUT2D eigenvalue weighted by Gasteiger charge is -2.43. The number of hydrogen-bond acceptors (Lipinski definition) is 3. The number of rotatable bonds is 4. The zero-order chi connectivity index (χ0) is 21.1. The largest absolute Gasteiger partial charge is 0.495 e. The number of para-hydroxylation sites is 2. The second-order valence-corrected chi connectivity index (χ2v) is 10.1. The van der Waals surface area contributed by atoms with E-state index in [2.05, 4.69) is 73.0 Å². The molecule has 2 aromatic rings. The second kappa shape index (κ2) is 9.01. The quantitative estimate of drug-likeness (QED) is 0.634. The van der Waals surface area contributed by atoms with E-state index >= 15 is 0 Å². The fraction of sp³-hybridized carbons (Fsp3) is 0.556. The fourth-order valence-electron chi connectivity index (χ4n) is 5.25. The van der Waals surface area contributed by atoms with E-state index in [4.69, 9.17) is 4.74 Å². The normalized spacial score (nSPS) is 23.4. The lowest BCUT2D eigenvalue weighted by atomic mass is 9.79. The Morgan fingerprint density at radius 1 is 0.800 bits per heavy atom. The van der Waals surface area contributed by atoms with Gasteiger partial charge in [-0.25, -0.2) is 0 Å². The summed E-state index contributed by atoms with van der Waals surface area (Å²) >= 11 is 0. The number of hydrogen-bond donors (Lipinski definition) is 0. The van der Waals surface area contributed by atoms with Crippen LogP contribution in [0.15, 0.2) is 48.5 Å². The van der Waals surface area contributed by atoms with Gasteiger partial charge in [-0.05, 0) is 60.3 Å². The van der Waals surface area contributed by atoms with E-state index < -0.39 is 0 Å². The average Bonchev–Trinajstić information content (AvgIpc) is 2.79. The van der Waals surface area contributed by atoms with Crippen molar-refractivity contribution >= 4 is 5.69 Å². The van der Waals surface area contributed by atoms with E-state index in [0.717, 1.165) is 43.9 Å². The van der Waals surface area contributed by atoms with Gasteiger partial charge in [0.05, 0.1) is 12.8 Å². The summed E-state index contributed by atoms with van der Waals surface area (Å²) in [6.45, 7) is 11.4. The van der Waals surface area contributed by atoms with Crippen molar-refractivity contribution in [2.45, 2.75) is 63.8 Å². The van der Waals surface area contributed by atoms with Crippen LogP contribution in [0.25, 0.3) is 0 Å². The number of piperazine rings is 1. The molecule has 4 rings (SSSR count). The molecule has 2 aliphatic rings. The molecule has 162 valence electrons. The molecule has 2 fully saturated rings. The molecule has 0 bridgehead atoms. The first-order valence-corrected chi connectivity index (χ1v) is 11.7. The van der Waals surface area contributed by atoms with E-state index in [0.29, 0.717) is 0 Å². The van der Waals surface area contributed by atoms with Crippen molar-refractivity contribution in [2.24, 2.45) is 0 Å². The first-order valence-electron chi connectivity index (χ1n) is 11.7. The summed E-state index contributed by atoms with van der Waals surface area (Å²) in [6, 6.07) is 18.6. The molecule has 2 aromatic carbocycles. The molecule has 30 heavy (non-hydrogen) atoms. The molecule has 3 heteroatoms. The van der Waals surface area contributed by atoms with Gasteiger partial charge in [0.15, 0.2) is 0 Å². The van der Waals surface area contributed by atoms with Gasteiger partial charge in [-0.1, -0.05) is 57.2 Å². The molecular weight excluding hydrogens is 368 g/mol. The Labute approximate surface area is 183 Å². The minimum absolute atomic E-state index is 0.238. The molecular formula is C27H38N2O. The van der Waals surface area contributed by atoms with Gasteiger partial charge in [0, 0.05) is 32.2 Å². The van der Waals surface area contributed by atoms with Crippen LogP contribution in [-0.2, 0) is 5.41 Å². The van der Waals surface area contributed by atoms with Gasteiger partial charge >= 0.3 is 0 Å². The van der Waals surface area contributed by atoms with Crippen LogP contribution in [0.4, 0.5) is 5.69 Å². The third-order valence-electron chi connectivity index (χ3n) is 7.20. The topological polar surface area (TPSA) is 15.7 Å². The Morgan fingerprint density at radius 3 is 2.03 bits per heavy atom. The Morgan fingerprint density at radius 2 is 1.43 bits per heavy atom. The van der Waals surface area contributed by atoms with E-state index in [1.807, 2.05) is 6.07 Å². The van der Waals surface area contributed by atoms with Crippen LogP contribution in [0.5, 0.6) is 5.75 Å². The summed E-state index contributed by atoms with van der Waals surface area (Å²) in [5, 5.41) is 0. The van der Waals surface area contributed by atoms with Gasteiger partial charge in [0.25, 0.3) is 0 Å². The first kappa shape index (κ1) is 21.2. The highest BCUT2D eigenvalue weighted by Crippen LogP contribution is 2.36. The summed E-state index contributed by atoms with van der Waals surface area (Å²) < 4.78 is 5.57. The number of anilines is 1. The van der Waals surface area contributed by atoms with Crippen LogP contribution in [0.2, 0.25) is 0 Å². The maximum absolute atomic E-state index is 5.57. The van der Waals surface area contributed by atoms with E-state index in [-0.39, 0.29) is 5.41 Å². The SMILES string of the molecule is COc1ccccc1N1CCN([C@H]2CC[C@H](c3ccc(C(C)(C)C)cc3)CC2)CC1. The molecule has 0 spiro atoms. The van der Waals surface area contributed by atoms with Gasteiger partial charge in [-0.3, -0.25) is 4.90 Å². The van der Waals surface area contributed by atoms with Crippen LogP contribution in [0.1, 0.15) is 63.5 Å². The summed E-state index contributed by atoms with van der Waals surface area (Å²) in [7, 11) is 1.77. The van der Waals surface area contributed by atoms with Crippen molar-refractivity contribution in [3.05, 3.63) is 59.7 Å². The fourth-order valence-corrected chi connectivity index (χ4v) is 5.25. The summed E-state index contributed by atoms with van der Waals surface area (Å²) in [5.74, 6) is 1.73. The van der Waals surface area contributed by atoms with Crippen molar-refractivity contribution in [1.29, 1.82) is 0 Å². The molecule has 1 aliphatic heterocycles. The molecule has 3 nitrogen and oxygen atoms in total. The molecule has 0 amide bonds. The van der Waals surface area contributed by atoms with Crippen LogP contribution < -0.4 is 9.64 Å². The Kier molecular flexibility index (Phi) is 6.38. The molecule has 0 unspecified atom stereocenters. The Hall–Kier alpha value is -2.00. The molecule has 0 radical (unpaired) electrons. The van der Waals surface area contributed by atoms with Crippen molar-refractivity contribution in [1.82, 2.24) is 4.90 Å². The average molecular weight is 407 g/mol. The van der Waals surface area contributed by atoms with Gasteiger partial charge in [0.2, 0.25) is 0 Å². The van der Waals surface area contributed by atoms with Crippen LogP contribution >= 0.6 is 0 Å². The van der Waals surface area contributed by atoms with E-state index in [1.54, 1.807) is 12.7 Å². The Balaban J connectivity index is 1.29. The second-order valence-electron chi connectivity index (χ2n) is 10.1. The highest BCUT2D eigenvalue weighted by atomic mass is 16.5. The van der Waals surface area contributed by atoms with Crippen LogP contribution in [0, 0.1) is 0 Å². The molecule has 1 saturated heterocycles. The summed E-state index contributed by atoms with van der Waals surface area (Å²) in [6.07, 6.45) is 5.32. The Bertz CT molecular complexity index is 808. The first-order chi connectivity index (χ1) is 14.5. The monoisotopic (exact) mass is 406 g/mol. The van der Waals surface area contributed by atoms with Crippen LogP contribution in [-0.4, -0.2) is 44.2 Å². The lowest BCUT2D eigenvalue weighted by Crippen LogP contribution is -2.51. The molecule has 0 atom stereocenters. The van der Waals surface area contributed by atoms with E-state index in [1.165, 1.54) is 36.9 Å². The number of methoxy groups -OCH3 is 1. The lowest BCUT2D eigenvalue weighted by molar-refractivity contribution is 0.141. The zero-order valence-electron chi connectivity index (χ0n) is 19.2. The number of benzene rings is 2. The van der Waals surface area contributed by atoms with Gasteiger partial charge in [0.1, 0.15) is 5.75 Å². The van der Waals surface area contributed by atoms with E-state index in [9.17, 15) is 0 Å². The molecule has 0 N–H and O–H groups in total. The van der Waals surface area contributed by atoms with Gasteiger partial charge < -0.3 is 9.64 Å². The van der Waals surface area contributed by atoms with Gasteiger partial charge in [-0.2, -0.15) is 0 Å². The number of nitrogens with zero attached hydrogens (tertiary/aromatic N) is 2. The molecule has 1 saturated carbocycles. The number of ether oxygens (including phenoxy) is 1. The van der Waals surface area contributed by atoms with Crippen molar-refractivity contribution in [2.75, 3.05) is 38.2 Å². The zero-order valence-corrected chi connectivity index (χ0v) is 19.2. The minimum atomic E-state index is 0.238. The molecule has 0 aromatic heterocycles. The third kappa shape index (κ3) is 4.67. The van der Waals surface area contributed by atoms with Crippen molar-refractivity contribution < 1.29 is 4.74 Å². The minimum Gasteiger partial charge on any atom is -0.495 e. The van der Waals surface area contributed by atoms with Crippen molar-refractivity contribution in [3.8, 4) is 5.75 Å².